The molecule has 2 amide bonds. The van der Waals surface area contributed by atoms with Gasteiger partial charge in [-0.05, 0) is 36.4 Å². The van der Waals surface area contributed by atoms with Crippen LogP contribution < -0.4 is 0 Å². The smallest absolute Gasteiger partial charge is 0.328 e. The van der Waals surface area contributed by atoms with Crippen molar-refractivity contribution in [2.75, 3.05) is 7.11 Å². The Bertz CT molecular complexity index is 1170. The number of nitrogens with zero attached hydrogens (tertiary/aromatic N) is 2. The average Bonchev–Trinajstić information content (AvgIpc) is 3.24. The lowest BCUT2D eigenvalue weighted by molar-refractivity contribution is -0.148. The molecule has 1 aromatic heterocycles. The molecule has 0 saturated carbocycles. The number of imide groups is 1. The molecule has 0 unspecified atom stereocenters. The van der Waals surface area contributed by atoms with E-state index < -0.39 is 23.2 Å². The van der Waals surface area contributed by atoms with Crippen LogP contribution in [0.25, 0.3) is 17.0 Å². The van der Waals surface area contributed by atoms with Gasteiger partial charge in [0.1, 0.15) is 6.04 Å². The Hall–Kier alpha value is -3.32. The van der Waals surface area contributed by atoms with Crippen LogP contribution in [-0.2, 0) is 20.9 Å². The van der Waals surface area contributed by atoms with E-state index in [1.807, 2.05) is 48.7 Å². The minimum atomic E-state index is -0.965. The molecule has 2 aromatic carbocycles. The van der Waals surface area contributed by atoms with E-state index in [0.717, 1.165) is 38.7 Å². The molecule has 0 bridgehead atoms. The highest BCUT2D eigenvalue weighted by Gasteiger charge is 2.41. The van der Waals surface area contributed by atoms with E-state index in [1.54, 1.807) is 6.08 Å². The molecule has 1 fully saturated rings. The summed E-state index contributed by atoms with van der Waals surface area (Å²) in [5, 5.41) is 0.512. The number of ether oxygens (including phenoxy) is 1. The van der Waals surface area contributed by atoms with Crippen molar-refractivity contribution in [3.05, 3.63) is 76.8 Å². The first-order chi connectivity index (χ1) is 14.5. The van der Waals surface area contributed by atoms with Crippen molar-refractivity contribution in [2.45, 2.75) is 19.5 Å². The molecule has 7 heteroatoms. The average molecular weight is 420 g/mol. The number of rotatable bonds is 5. The zero-order valence-electron chi connectivity index (χ0n) is 16.6. The van der Waals surface area contributed by atoms with Crippen LogP contribution in [0.3, 0.4) is 0 Å². The van der Waals surface area contributed by atoms with Gasteiger partial charge in [0.15, 0.2) is 0 Å². The van der Waals surface area contributed by atoms with Crippen LogP contribution >= 0.6 is 11.8 Å². The summed E-state index contributed by atoms with van der Waals surface area (Å²) in [5.41, 5.74) is 3.05. The monoisotopic (exact) mass is 420 g/mol. The molecule has 1 aliphatic rings. The third-order valence-electron chi connectivity index (χ3n) is 5.05. The van der Waals surface area contributed by atoms with E-state index in [0.29, 0.717) is 11.4 Å². The first-order valence-corrected chi connectivity index (χ1v) is 10.3. The van der Waals surface area contributed by atoms with Crippen molar-refractivity contribution < 1.29 is 19.1 Å². The number of amides is 2. The van der Waals surface area contributed by atoms with Crippen LogP contribution in [0, 0.1) is 0 Å². The number of carbonyl (C=O) groups excluding carboxylic acids is 3. The predicted octanol–water partition coefficient (Wildman–Crippen LogP) is 4.29. The molecule has 0 aliphatic carbocycles. The molecule has 3 aromatic rings. The summed E-state index contributed by atoms with van der Waals surface area (Å²) in [6.45, 7) is 2.17. The van der Waals surface area contributed by atoms with Gasteiger partial charge in [-0.2, -0.15) is 0 Å². The lowest BCUT2D eigenvalue weighted by Crippen LogP contribution is -2.42. The maximum Gasteiger partial charge on any atom is 0.328 e. The topological polar surface area (TPSA) is 68.6 Å². The van der Waals surface area contributed by atoms with Crippen LogP contribution in [-0.4, -0.2) is 39.7 Å². The van der Waals surface area contributed by atoms with Crippen molar-refractivity contribution >= 4 is 45.9 Å². The van der Waals surface area contributed by atoms with Gasteiger partial charge in [-0.3, -0.25) is 14.5 Å². The molecule has 0 radical (unpaired) electrons. The largest absolute Gasteiger partial charge is 0.467 e. The van der Waals surface area contributed by atoms with E-state index in [9.17, 15) is 14.4 Å². The Morgan fingerprint density at radius 3 is 2.53 bits per heavy atom. The third kappa shape index (κ3) is 3.64. The lowest BCUT2D eigenvalue weighted by Gasteiger charge is -2.18. The van der Waals surface area contributed by atoms with Gasteiger partial charge in [0.2, 0.25) is 0 Å². The van der Waals surface area contributed by atoms with Gasteiger partial charge in [-0.15, -0.1) is 0 Å². The van der Waals surface area contributed by atoms with Crippen LogP contribution in [0.2, 0.25) is 0 Å². The lowest BCUT2D eigenvalue weighted by atomic mass is 10.1. The summed E-state index contributed by atoms with van der Waals surface area (Å²) in [6, 6.07) is 17.1. The molecule has 2 heterocycles. The molecule has 1 saturated heterocycles. The summed E-state index contributed by atoms with van der Waals surface area (Å²) < 4.78 is 6.80. The SMILES string of the molecule is COC(=O)[C@H](C)N1C(=O)S/C(=C/c2cn(Cc3ccccc3)c3ccccc23)C1=O. The predicted molar refractivity (Wildman–Crippen MR) is 117 cm³/mol. The second kappa shape index (κ2) is 8.20. The van der Waals surface area contributed by atoms with Crippen molar-refractivity contribution in [1.82, 2.24) is 9.47 Å². The Labute approximate surface area is 178 Å². The second-order valence-electron chi connectivity index (χ2n) is 6.97. The molecular formula is C23H20N2O4S. The minimum absolute atomic E-state index is 0.290. The van der Waals surface area contributed by atoms with Crippen molar-refractivity contribution in [1.29, 1.82) is 0 Å². The van der Waals surface area contributed by atoms with E-state index in [-0.39, 0.29) is 0 Å². The number of fused-ring (bicyclic) bond motifs is 1. The van der Waals surface area contributed by atoms with Crippen LogP contribution in [0.4, 0.5) is 4.79 Å². The first-order valence-electron chi connectivity index (χ1n) is 9.46. The van der Waals surface area contributed by atoms with Crippen molar-refractivity contribution in [3.63, 3.8) is 0 Å². The van der Waals surface area contributed by atoms with Gasteiger partial charge in [-0.1, -0.05) is 48.5 Å². The first kappa shape index (κ1) is 20.0. The highest BCUT2D eigenvalue weighted by Crippen LogP contribution is 2.35. The zero-order chi connectivity index (χ0) is 21.3. The molecular weight excluding hydrogens is 400 g/mol. The van der Waals surface area contributed by atoms with Crippen LogP contribution in [0.1, 0.15) is 18.1 Å². The summed E-state index contributed by atoms with van der Waals surface area (Å²) in [4.78, 5) is 38.2. The maximum absolute atomic E-state index is 12.8. The van der Waals surface area contributed by atoms with Gasteiger partial charge < -0.3 is 9.30 Å². The van der Waals surface area contributed by atoms with Crippen molar-refractivity contribution in [3.8, 4) is 0 Å². The number of esters is 1. The van der Waals surface area contributed by atoms with E-state index >= 15 is 0 Å². The summed E-state index contributed by atoms with van der Waals surface area (Å²) in [5.74, 6) is -1.11. The number of carbonyl (C=O) groups is 3. The zero-order valence-corrected chi connectivity index (χ0v) is 17.4. The van der Waals surface area contributed by atoms with E-state index in [2.05, 4.69) is 21.4 Å². The van der Waals surface area contributed by atoms with Gasteiger partial charge >= 0.3 is 5.97 Å². The quantitative estimate of drug-likeness (QED) is 0.455. The fourth-order valence-electron chi connectivity index (χ4n) is 3.53. The standard InChI is InChI=1S/C23H20N2O4S/c1-15(22(27)29-2)25-21(26)20(30-23(25)28)12-17-14-24(13-16-8-4-3-5-9-16)19-11-7-6-10-18(17)19/h3-12,14-15H,13H2,1-2H3/b20-12+/t15-/m0/s1. The molecule has 6 nitrogen and oxygen atoms in total. The number of benzene rings is 2. The number of methoxy groups -OCH3 is 1. The molecule has 0 N–H and O–H groups in total. The number of thioether (sulfide) groups is 1. The number of aromatic nitrogens is 1. The molecule has 4 rings (SSSR count). The van der Waals surface area contributed by atoms with Crippen molar-refractivity contribution in [2.24, 2.45) is 0 Å². The Kier molecular flexibility index (Phi) is 5.46. The molecule has 30 heavy (non-hydrogen) atoms. The third-order valence-corrected chi connectivity index (χ3v) is 5.94. The summed E-state index contributed by atoms with van der Waals surface area (Å²) in [7, 11) is 1.23. The fraction of sp³-hybridized carbons (Fsp3) is 0.174. The molecule has 152 valence electrons. The summed E-state index contributed by atoms with van der Waals surface area (Å²) >= 11 is 0.836. The van der Waals surface area contributed by atoms with Gasteiger partial charge in [0, 0.05) is 29.2 Å². The van der Waals surface area contributed by atoms with Gasteiger partial charge in [0.05, 0.1) is 12.0 Å². The summed E-state index contributed by atoms with van der Waals surface area (Å²) in [6.07, 6.45) is 3.70. The normalized spacial score (nSPS) is 16.5. The number of hydrogen-bond acceptors (Lipinski definition) is 5. The number of hydrogen-bond donors (Lipinski definition) is 0. The Morgan fingerprint density at radius 2 is 1.80 bits per heavy atom. The Morgan fingerprint density at radius 1 is 1.10 bits per heavy atom. The van der Waals surface area contributed by atoms with E-state index in [4.69, 9.17) is 0 Å². The second-order valence-corrected chi connectivity index (χ2v) is 7.96. The molecule has 1 aliphatic heterocycles. The highest BCUT2D eigenvalue weighted by molar-refractivity contribution is 8.18. The molecule has 0 spiro atoms. The Balaban J connectivity index is 1.70. The van der Waals surface area contributed by atoms with Crippen LogP contribution in [0.5, 0.6) is 0 Å². The van der Waals surface area contributed by atoms with Crippen LogP contribution in [0.15, 0.2) is 65.7 Å². The maximum atomic E-state index is 12.8. The van der Waals surface area contributed by atoms with Gasteiger partial charge in [0.25, 0.3) is 11.1 Å². The van der Waals surface area contributed by atoms with E-state index in [1.165, 1.54) is 14.0 Å². The fourth-order valence-corrected chi connectivity index (χ4v) is 4.43. The highest BCUT2D eigenvalue weighted by atomic mass is 32.2. The molecule has 1 atom stereocenters. The van der Waals surface area contributed by atoms with Gasteiger partial charge in [-0.25, -0.2) is 4.79 Å². The minimum Gasteiger partial charge on any atom is -0.467 e. The number of para-hydroxylation sites is 1.